The van der Waals surface area contributed by atoms with Gasteiger partial charge in [0.2, 0.25) is 0 Å². The predicted octanol–water partition coefficient (Wildman–Crippen LogP) is 6.46. The van der Waals surface area contributed by atoms with E-state index in [9.17, 15) is 13.8 Å². The highest BCUT2D eigenvalue weighted by molar-refractivity contribution is 7.94. The van der Waals surface area contributed by atoms with Crippen molar-refractivity contribution in [3.63, 3.8) is 0 Å². The standard InChI is InChI=1S/C40H48N4O5S/c1-28-10-15-34-29(22-28)8-6-18-40(34)26-44-24-31-11-14-33(31)36(48-2)9-4-3-5-21-50(47,25-32(45)13-17-38-41-19-7-20-42-38)43-39(46)30-12-16-37(49-27-40)35(44)23-30/h4,7,9-10,12,15-16,19-20,22-23,31,33,36H,3,5-6,8,11,13-14,17-18,21,24-27H2,1-2H3/b9-4+/t31-,33+,36-,40-,50+/m0/s1. The summed E-state index contributed by atoms with van der Waals surface area (Å²) in [4.78, 5) is 37.9. The Labute approximate surface area is 296 Å². The van der Waals surface area contributed by atoms with Crippen molar-refractivity contribution in [1.82, 2.24) is 9.97 Å². The summed E-state index contributed by atoms with van der Waals surface area (Å²) in [5.74, 6) is 1.21. The van der Waals surface area contributed by atoms with Crippen molar-refractivity contribution in [1.29, 1.82) is 0 Å². The summed E-state index contributed by atoms with van der Waals surface area (Å²) >= 11 is 0. The molecule has 10 heteroatoms. The number of allylic oxidation sites excluding steroid dienone is 1. The number of hydrogen-bond donors (Lipinski definition) is 0. The quantitative estimate of drug-likeness (QED) is 0.270. The number of aryl methyl sites for hydroxylation is 3. The van der Waals surface area contributed by atoms with Crippen LogP contribution in [0.1, 0.15) is 77.8 Å². The molecule has 9 nitrogen and oxygen atoms in total. The van der Waals surface area contributed by atoms with E-state index in [-0.39, 0.29) is 35.2 Å². The zero-order valence-corrected chi connectivity index (χ0v) is 30.0. The summed E-state index contributed by atoms with van der Waals surface area (Å²) in [6.07, 6.45) is 14.6. The van der Waals surface area contributed by atoms with Crippen LogP contribution in [-0.2, 0) is 37.5 Å². The summed E-state index contributed by atoms with van der Waals surface area (Å²) in [5.41, 5.74) is 5.09. The van der Waals surface area contributed by atoms with Gasteiger partial charge in [0.25, 0.3) is 5.91 Å². The Hall–Kier alpha value is -3.89. The first-order valence-electron chi connectivity index (χ1n) is 18.1. The molecule has 3 heterocycles. The number of hydrogen-bond acceptors (Lipinski definition) is 8. The number of ether oxygens (including phenoxy) is 2. The molecule has 1 aromatic heterocycles. The number of amides is 1. The second-order valence-corrected chi connectivity index (χ2v) is 17.1. The predicted molar refractivity (Wildman–Crippen MR) is 195 cm³/mol. The van der Waals surface area contributed by atoms with Crippen molar-refractivity contribution >= 4 is 27.1 Å². The van der Waals surface area contributed by atoms with E-state index >= 15 is 0 Å². The smallest absolute Gasteiger partial charge is 0.285 e. The van der Waals surface area contributed by atoms with Crippen molar-refractivity contribution in [3.05, 3.63) is 95.1 Å². The van der Waals surface area contributed by atoms with Gasteiger partial charge in [0.15, 0.2) is 0 Å². The zero-order chi connectivity index (χ0) is 34.7. The van der Waals surface area contributed by atoms with Crippen LogP contribution < -0.4 is 9.64 Å². The SMILES string of the molecule is CO[C@H]1/C=C/CCC[S@@](=O)(CC(=O)CCc2ncccn2)=NC(=O)c2ccc3c(c2)N(C[C@@H]2CC[C@H]21)C[C@@]1(CCCc2cc(C)ccc21)CO3. The number of methoxy groups -OCH3 is 1. The van der Waals surface area contributed by atoms with Crippen molar-refractivity contribution < 1.29 is 23.3 Å². The highest BCUT2D eigenvalue weighted by Crippen LogP contribution is 2.47. The molecule has 1 fully saturated rings. The molecule has 5 atom stereocenters. The first kappa shape index (κ1) is 34.6. The van der Waals surface area contributed by atoms with Crippen LogP contribution in [0.15, 0.2) is 71.4 Å². The Morgan fingerprint density at radius 3 is 2.78 bits per heavy atom. The summed E-state index contributed by atoms with van der Waals surface area (Å²) in [6.45, 7) is 4.31. The molecule has 2 bridgehead atoms. The van der Waals surface area contributed by atoms with Crippen LogP contribution in [0.25, 0.3) is 0 Å². The van der Waals surface area contributed by atoms with Gasteiger partial charge in [-0.05, 0) is 99.1 Å². The lowest BCUT2D eigenvalue weighted by Gasteiger charge is -2.46. The first-order valence-corrected chi connectivity index (χ1v) is 20.0. The number of anilines is 1. The summed E-state index contributed by atoms with van der Waals surface area (Å²) < 4.78 is 31.4. The normalized spacial score (nSPS) is 28.6. The minimum atomic E-state index is -3.17. The maximum absolute atomic E-state index is 14.3. The fourth-order valence-electron chi connectivity index (χ4n) is 8.39. The molecule has 1 saturated carbocycles. The van der Waals surface area contributed by atoms with Gasteiger partial charge >= 0.3 is 0 Å². The molecule has 2 aliphatic heterocycles. The lowest BCUT2D eigenvalue weighted by Crippen LogP contribution is -2.49. The van der Waals surface area contributed by atoms with E-state index in [1.54, 1.807) is 31.6 Å². The third-order valence-electron chi connectivity index (χ3n) is 11.1. The van der Waals surface area contributed by atoms with Crippen molar-refractivity contribution in [2.75, 3.05) is 43.2 Å². The van der Waals surface area contributed by atoms with Gasteiger partial charge in [-0.1, -0.05) is 35.9 Å². The molecule has 3 aromatic rings. The van der Waals surface area contributed by atoms with Gasteiger partial charge in [0.1, 0.15) is 17.4 Å². The minimum Gasteiger partial charge on any atom is -0.490 e. The molecule has 50 heavy (non-hydrogen) atoms. The largest absolute Gasteiger partial charge is 0.490 e. The first-order chi connectivity index (χ1) is 24.2. The van der Waals surface area contributed by atoms with E-state index in [1.807, 2.05) is 12.1 Å². The number of nitrogens with zero attached hydrogens (tertiary/aromatic N) is 4. The lowest BCUT2D eigenvalue weighted by molar-refractivity contribution is -0.116. The van der Waals surface area contributed by atoms with Gasteiger partial charge in [-0.3, -0.25) is 9.59 Å². The number of Topliss-reactive ketones (excluding diaryl/α,β-unsaturated/α-hetero) is 1. The van der Waals surface area contributed by atoms with Crippen LogP contribution in [0.2, 0.25) is 0 Å². The highest BCUT2D eigenvalue weighted by atomic mass is 32.2. The Morgan fingerprint density at radius 2 is 1.98 bits per heavy atom. The average molecular weight is 697 g/mol. The second kappa shape index (κ2) is 14.8. The van der Waals surface area contributed by atoms with Gasteiger partial charge in [-0.2, -0.15) is 4.36 Å². The van der Waals surface area contributed by atoms with Crippen LogP contribution in [0, 0.1) is 18.8 Å². The molecular weight excluding hydrogens is 649 g/mol. The van der Waals surface area contributed by atoms with Crippen LogP contribution >= 0.6 is 0 Å². The van der Waals surface area contributed by atoms with E-state index in [4.69, 9.17) is 9.47 Å². The number of rotatable bonds is 6. The Morgan fingerprint density at radius 1 is 1.12 bits per heavy atom. The van der Waals surface area contributed by atoms with Gasteiger partial charge in [0, 0.05) is 62.2 Å². The van der Waals surface area contributed by atoms with Gasteiger partial charge < -0.3 is 14.4 Å². The highest BCUT2D eigenvalue weighted by Gasteiger charge is 2.44. The van der Waals surface area contributed by atoms with E-state index in [0.717, 1.165) is 56.6 Å². The minimum absolute atomic E-state index is 0.0135. The van der Waals surface area contributed by atoms with Gasteiger partial charge in [-0.25, -0.2) is 14.2 Å². The third-order valence-corrected chi connectivity index (χ3v) is 13.3. The molecule has 2 aliphatic carbocycles. The van der Waals surface area contributed by atoms with Crippen LogP contribution in [0.5, 0.6) is 5.75 Å². The molecule has 0 radical (unpaired) electrons. The fourth-order valence-corrected chi connectivity index (χ4v) is 10.4. The van der Waals surface area contributed by atoms with Crippen LogP contribution in [-0.4, -0.2) is 70.3 Å². The topological polar surface area (TPSA) is 111 Å². The van der Waals surface area contributed by atoms with E-state index < -0.39 is 15.6 Å². The number of ketones is 1. The Bertz CT molecular complexity index is 1890. The molecule has 0 N–H and O–H groups in total. The summed E-state index contributed by atoms with van der Waals surface area (Å²) in [6, 6.07) is 14.0. The van der Waals surface area contributed by atoms with E-state index in [2.05, 4.69) is 56.5 Å². The molecule has 0 unspecified atom stereocenters. The van der Waals surface area contributed by atoms with Crippen molar-refractivity contribution in [2.45, 2.75) is 76.2 Å². The Balaban J connectivity index is 1.24. The molecule has 7 rings (SSSR count). The van der Waals surface area contributed by atoms with Crippen LogP contribution in [0.4, 0.5) is 5.69 Å². The second-order valence-electron chi connectivity index (χ2n) is 14.6. The van der Waals surface area contributed by atoms with E-state index in [0.29, 0.717) is 49.1 Å². The van der Waals surface area contributed by atoms with Gasteiger partial charge in [-0.15, -0.1) is 0 Å². The molecule has 1 amide bonds. The summed E-state index contributed by atoms with van der Waals surface area (Å²) in [5, 5.41) is 0. The van der Waals surface area contributed by atoms with Crippen LogP contribution in [0.3, 0.4) is 0 Å². The number of carbonyl (C=O) groups excluding carboxylic acids is 2. The number of carbonyl (C=O) groups is 2. The summed E-state index contributed by atoms with van der Waals surface area (Å²) in [7, 11) is -1.39. The Kier molecular flexibility index (Phi) is 10.2. The number of benzene rings is 2. The molecule has 0 saturated heterocycles. The average Bonchev–Trinajstić information content (AvgIpc) is 3.25. The number of aromatic nitrogens is 2. The van der Waals surface area contributed by atoms with E-state index in [1.165, 1.54) is 16.7 Å². The van der Waals surface area contributed by atoms with Gasteiger partial charge in [0.05, 0.1) is 33.9 Å². The van der Waals surface area contributed by atoms with Crippen molar-refractivity contribution in [2.24, 2.45) is 16.2 Å². The zero-order valence-electron chi connectivity index (χ0n) is 29.2. The lowest BCUT2D eigenvalue weighted by atomic mass is 9.68. The molecule has 4 aliphatic rings. The molecule has 2 aromatic carbocycles. The maximum atomic E-state index is 14.3. The molecule has 264 valence electrons. The molecular formula is C40H48N4O5S. The van der Waals surface area contributed by atoms with Crippen molar-refractivity contribution in [3.8, 4) is 5.75 Å². The maximum Gasteiger partial charge on any atom is 0.285 e. The third kappa shape index (κ3) is 7.42. The fraction of sp³-hybridized carbons (Fsp3) is 0.500. The molecule has 1 spiro atoms. The monoisotopic (exact) mass is 696 g/mol. The number of fused-ring (bicyclic) bond motifs is 4.